The molecule has 2 aromatic carbocycles. The molecule has 3 rings (SSSR count). The maximum Gasteiger partial charge on any atom is 0.420 e. The van der Waals surface area contributed by atoms with Crippen LogP contribution in [-0.2, 0) is 17.4 Å². The minimum Gasteiger partial charge on any atom is -0.490 e. The Kier molecular flexibility index (Phi) is 8.94. The molecule has 0 heterocycles. The van der Waals surface area contributed by atoms with Crippen molar-refractivity contribution in [1.82, 2.24) is 0 Å². The molecule has 1 aliphatic rings. The summed E-state index contributed by atoms with van der Waals surface area (Å²) < 4.78 is 86.7. The minimum absolute atomic E-state index is 0.0259. The van der Waals surface area contributed by atoms with Crippen LogP contribution in [-0.4, -0.2) is 23.4 Å². The van der Waals surface area contributed by atoms with Crippen LogP contribution >= 0.6 is 0 Å². The van der Waals surface area contributed by atoms with Gasteiger partial charge in [-0.1, -0.05) is 43.5 Å². The van der Waals surface area contributed by atoms with Crippen molar-refractivity contribution in [3.8, 4) is 5.75 Å². The topological polar surface area (TPSA) is 46.5 Å². The first-order valence-corrected chi connectivity index (χ1v) is 12.0. The number of halogens is 6. The summed E-state index contributed by atoms with van der Waals surface area (Å²) in [5, 5.41) is 9.18. The predicted octanol–water partition coefficient (Wildman–Crippen LogP) is 8.33. The van der Waals surface area contributed by atoms with Crippen molar-refractivity contribution in [1.29, 1.82) is 0 Å². The molecule has 2 aromatic rings. The van der Waals surface area contributed by atoms with Crippen LogP contribution < -0.4 is 4.74 Å². The van der Waals surface area contributed by atoms with E-state index in [1.807, 2.05) is 0 Å². The van der Waals surface area contributed by atoms with E-state index in [9.17, 15) is 31.1 Å². The van der Waals surface area contributed by atoms with Gasteiger partial charge in [-0.25, -0.2) is 0 Å². The van der Waals surface area contributed by atoms with E-state index in [2.05, 4.69) is 0 Å². The molecular formula is C26H30F6O3. The first-order chi connectivity index (χ1) is 16.5. The number of unbranched alkanes of at least 4 members (excludes halogenated alkanes) is 4. The number of aliphatic carboxylic acids is 1. The van der Waals surface area contributed by atoms with Gasteiger partial charge in [-0.05, 0) is 67.3 Å². The van der Waals surface area contributed by atoms with Gasteiger partial charge in [-0.15, -0.1) is 0 Å². The van der Waals surface area contributed by atoms with Crippen molar-refractivity contribution < 1.29 is 41.0 Å². The van der Waals surface area contributed by atoms with Crippen LogP contribution in [0.25, 0.3) is 10.8 Å². The first kappa shape index (κ1) is 27.1. The summed E-state index contributed by atoms with van der Waals surface area (Å²) in [5.41, 5.74) is -0.0979. The number of benzene rings is 2. The lowest BCUT2D eigenvalue weighted by Crippen LogP contribution is -2.32. The number of rotatable bonds is 10. The Labute approximate surface area is 200 Å². The summed E-state index contributed by atoms with van der Waals surface area (Å²) in [6.45, 7) is 0. The van der Waals surface area contributed by atoms with Crippen LogP contribution in [0.1, 0.15) is 75.3 Å². The zero-order valence-corrected chi connectivity index (χ0v) is 19.4. The molecule has 1 aliphatic carbocycles. The molecular weight excluding hydrogens is 474 g/mol. The number of ether oxygens (including phenoxy) is 1. The smallest absolute Gasteiger partial charge is 0.420 e. The molecule has 0 amide bonds. The Morgan fingerprint density at radius 1 is 0.857 bits per heavy atom. The normalized spacial score (nSPS) is 19.1. The molecule has 1 saturated carbocycles. The quantitative estimate of drug-likeness (QED) is 0.261. The van der Waals surface area contributed by atoms with Crippen LogP contribution in [0.5, 0.6) is 5.75 Å². The molecule has 0 saturated heterocycles. The van der Waals surface area contributed by atoms with E-state index < -0.39 is 35.9 Å². The summed E-state index contributed by atoms with van der Waals surface area (Å²) >= 11 is 0. The fourth-order valence-electron chi connectivity index (χ4n) is 4.82. The average molecular weight is 505 g/mol. The fraction of sp³-hybridized carbons (Fsp3) is 0.577. The number of carboxylic acids is 1. The van der Waals surface area contributed by atoms with Crippen molar-refractivity contribution in [3.63, 3.8) is 0 Å². The van der Waals surface area contributed by atoms with Crippen LogP contribution in [0.2, 0.25) is 0 Å². The van der Waals surface area contributed by atoms with Crippen LogP contribution in [0.15, 0.2) is 30.3 Å². The van der Waals surface area contributed by atoms with Gasteiger partial charge in [0.1, 0.15) is 11.3 Å². The Balaban J connectivity index is 1.71. The molecule has 0 aromatic heterocycles. The van der Waals surface area contributed by atoms with Gasteiger partial charge in [0, 0.05) is 6.42 Å². The Hall–Kier alpha value is -2.45. The molecule has 35 heavy (non-hydrogen) atoms. The third-order valence-electron chi connectivity index (χ3n) is 6.66. The van der Waals surface area contributed by atoms with Crippen molar-refractivity contribution >= 4 is 16.7 Å². The maximum atomic E-state index is 14.1. The summed E-state index contributed by atoms with van der Waals surface area (Å²) in [6.07, 6.45) is -5.21. The van der Waals surface area contributed by atoms with Crippen LogP contribution in [0.3, 0.4) is 0 Å². The lowest BCUT2D eigenvalue weighted by atomic mass is 9.87. The highest BCUT2D eigenvalue weighted by Gasteiger charge is 2.42. The predicted molar refractivity (Wildman–Crippen MR) is 120 cm³/mol. The molecule has 0 atom stereocenters. The van der Waals surface area contributed by atoms with Gasteiger partial charge >= 0.3 is 18.3 Å². The lowest BCUT2D eigenvalue weighted by Gasteiger charge is -2.31. The minimum atomic E-state index is -4.68. The molecule has 0 spiro atoms. The molecule has 3 nitrogen and oxygen atoms in total. The number of alkyl halides is 6. The molecule has 0 unspecified atom stereocenters. The summed E-state index contributed by atoms with van der Waals surface area (Å²) in [7, 11) is 0. The van der Waals surface area contributed by atoms with Gasteiger partial charge in [-0.2, -0.15) is 26.3 Å². The van der Waals surface area contributed by atoms with Crippen molar-refractivity contribution in [3.05, 3.63) is 41.5 Å². The number of carboxylic acid groups (broad SMARTS) is 1. The highest BCUT2D eigenvalue weighted by atomic mass is 19.4. The van der Waals surface area contributed by atoms with E-state index in [0.29, 0.717) is 18.2 Å². The van der Waals surface area contributed by atoms with Crippen molar-refractivity contribution in [2.45, 2.75) is 89.1 Å². The molecule has 194 valence electrons. The second-order valence-electron chi connectivity index (χ2n) is 9.24. The zero-order valence-electron chi connectivity index (χ0n) is 19.4. The van der Waals surface area contributed by atoms with Crippen molar-refractivity contribution in [2.24, 2.45) is 5.92 Å². The maximum absolute atomic E-state index is 14.1. The monoisotopic (exact) mass is 504 g/mol. The summed E-state index contributed by atoms with van der Waals surface area (Å²) in [5.74, 6) is -2.59. The van der Waals surface area contributed by atoms with Gasteiger partial charge in [0.25, 0.3) is 0 Å². The molecule has 0 radical (unpaired) electrons. The third-order valence-corrected chi connectivity index (χ3v) is 6.66. The zero-order chi connectivity index (χ0) is 25.6. The number of hydrogen-bond acceptors (Lipinski definition) is 2. The fourth-order valence-corrected chi connectivity index (χ4v) is 4.82. The number of carbonyl (C=O) groups is 1. The van der Waals surface area contributed by atoms with E-state index in [1.165, 1.54) is 12.1 Å². The lowest BCUT2D eigenvalue weighted by molar-refractivity contribution is -0.185. The highest BCUT2D eigenvalue weighted by molar-refractivity contribution is 5.91. The summed E-state index contributed by atoms with van der Waals surface area (Å²) in [4.78, 5) is 10.6. The Morgan fingerprint density at radius 2 is 1.51 bits per heavy atom. The molecule has 0 aliphatic heterocycles. The second kappa shape index (κ2) is 11.5. The molecule has 0 bridgehead atoms. The number of aryl methyl sites for hydroxylation is 1. The van der Waals surface area contributed by atoms with E-state index in [0.717, 1.165) is 31.2 Å². The number of fused-ring (bicyclic) bond motifs is 1. The molecule has 9 heteroatoms. The Morgan fingerprint density at radius 3 is 2.14 bits per heavy atom. The molecule has 1 N–H and O–H groups in total. The van der Waals surface area contributed by atoms with Crippen molar-refractivity contribution in [2.75, 3.05) is 0 Å². The number of hydrogen-bond donors (Lipinski definition) is 1. The van der Waals surface area contributed by atoms with Gasteiger partial charge in [-0.3, -0.25) is 4.79 Å². The highest BCUT2D eigenvalue weighted by Crippen LogP contribution is 2.44. The van der Waals surface area contributed by atoms with Gasteiger partial charge in [0.05, 0.1) is 12.0 Å². The average Bonchev–Trinajstić information content (AvgIpc) is 2.77. The van der Waals surface area contributed by atoms with E-state index in [4.69, 9.17) is 9.84 Å². The van der Waals surface area contributed by atoms with Gasteiger partial charge in [0.2, 0.25) is 0 Å². The van der Waals surface area contributed by atoms with Gasteiger partial charge in [0.15, 0.2) is 0 Å². The second-order valence-corrected chi connectivity index (χ2v) is 9.24. The van der Waals surface area contributed by atoms with E-state index in [1.54, 1.807) is 18.2 Å². The van der Waals surface area contributed by atoms with E-state index >= 15 is 0 Å². The van der Waals surface area contributed by atoms with Crippen LogP contribution in [0.4, 0.5) is 26.3 Å². The summed E-state index contributed by atoms with van der Waals surface area (Å²) in [6, 6.07) is 7.67. The van der Waals surface area contributed by atoms with E-state index in [-0.39, 0.29) is 43.2 Å². The van der Waals surface area contributed by atoms with Gasteiger partial charge < -0.3 is 9.84 Å². The SMILES string of the molecule is O=C(O)CCCCCCCc1cccc2c(C(F)(F)F)c(OC3CCC(C(F)(F)F)CC3)ccc12. The molecule has 1 fully saturated rings. The standard InChI is InChI=1S/C26H30F6O3/c27-25(28,29)18-11-13-19(14-12-18)35-22-16-15-20-17(7-4-2-1-3-5-10-23(33)34)8-6-9-21(20)24(22)26(30,31)32/h6,8-9,15-16,18-19H,1-5,7,10-14H2,(H,33,34). The third kappa shape index (κ3) is 7.51. The first-order valence-electron chi connectivity index (χ1n) is 12.0. The largest absolute Gasteiger partial charge is 0.490 e. The Bertz CT molecular complexity index is 991. The van der Waals surface area contributed by atoms with Crippen LogP contribution in [0, 0.1) is 5.92 Å².